The van der Waals surface area contributed by atoms with Gasteiger partial charge in [-0.05, 0) is 38.1 Å². The average molecular weight is 284 g/mol. The molecule has 1 aliphatic rings. The Kier molecular flexibility index (Phi) is 7.59. The van der Waals surface area contributed by atoms with Crippen LogP contribution in [0.5, 0.6) is 0 Å². The third-order valence-electron chi connectivity index (χ3n) is 3.73. The van der Waals surface area contributed by atoms with E-state index >= 15 is 0 Å². The molecular weight excluding hydrogens is 256 g/mol. The zero-order valence-corrected chi connectivity index (χ0v) is 12.8. The molecule has 0 aromatic rings. The molecule has 1 N–H and O–H groups in total. The number of carbonyl (C=O) groups excluding carboxylic acids is 1. The highest BCUT2D eigenvalue weighted by atomic mass is 16.4. The fraction of sp³-hybridized carbons (Fsp3) is 0.867. The zero-order valence-electron chi connectivity index (χ0n) is 12.8. The molecule has 0 spiro atoms. The van der Waals surface area contributed by atoms with Gasteiger partial charge >= 0.3 is 5.97 Å². The van der Waals surface area contributed by atoms with Crippen molar-refractivity contribution in [1.82, 2.24) is 9.80 Å². The van der Waals surface area contributed by atoms with Crippen LogP contribution < -0.4 is 0 Å². The number of aliphatic carboxylic acids is 1. The van der Waals surface area contributed by atoms with Crippen LogP contribution in [0.15, 0.2) is 0 Å². The molecule has 0 aromatic carbocycles. The number of amides is 1. The summed E-state index contributed by atoms with van der Waals surface area (Å²) in [5, 5.41) is 8.80. The average Bonchev–Trinajstić information content (AvgIpc) is 2.42. The van der Waals surface area contributed by atoms with Crippen LogP contribution in [0.25, 0.3) is 0 Å². The van der Waals surface area contributed by atoms with E-state index in [9.17, 15) is 9.59 Å². The molecule has 5 nitrogen and oxygen atoms in total. The van der Waals surface area contributed by atoms with Gasteiger partial charge in [0.15, 0.2) is 0 Å². The maximum absolute atomic E-state index is 12.2. The summed E-state index contributed by atoms with van der Waals surface area (Å²) < 4.78 is 0. The Morgan fingerprint density at radius 3 is 2.35 bits per heavy atom. The molecule has 0 bridgehead atoms. The first-order chi connectivity index (χ1) is 9.49. The Morgan fingerprint density at radius 1 is 1.15 bits per heavy atom. The van der Waals surface area contributed by atoms with Crippen molar-refractivity contribution in [3.63, 3.8) is 0 Å². The van der Waals surface area contributed by atoms with Gasteiger partial charge < -0.3 is 10.0 Å². The van der Waals surface area contributed by atoms with Crippen LogP contribution in [0.1, 0.15) is 46.0 Å². The Morgan fingerprint density at radius 2 is 1.80 bits per heavy atom. The first-order valence-electron chi connectivity index (χ1n) is 7.71. The van der Waals surface area contributed by atoms with E-state index in [1.807, 2.05) is 9.80 Å². The molecule has 1 saturated heterocycles. The van der Waals surface area contributed by atoms with E-state index in [-0.39, 0.29) is 12.3 Å². The second kappa shape index (κ2) is 8.95. The number of hydrogen-bond donors (Lipinski definition) is 1. The molecule has 0 aliphatic carbocycles. The minimum atomic E-state index is -0.801. The van der Waals surface area contributed by atoms with Gasteiger partial charge in [-0.25, -0.2) is 0 Å². The highest BCUT2D eigenvalue weighted by Gasteiger charge is 2.19. The molecule has 1 heterocycles. The van der Waals surface area contributed by atoms with Crippen molar-refractivity contribution < 1.29 is 14.7 Å². The smallest absolute Gasteiger partial charge is 0.304 e. The maximum Gasteiger partial charge on any atom is 0.304 e. The lowest BCUT2D eigenvalue weighted by atomic mass is 10.1. The molecule has 0 aromatic heterocycles. The van der Waals surface area contributed by atoms with Gasteiger partial charge in [0.25, 0.3) is 0 Å². The van der Waals surface area contributed by atoms with Crippen molar-refractivity contribution in [1.29, 1.82) is 0 Å². The van der Waals surface area contributed by atoms with Gasteiger partial charge in [0.1, 0.15) is 0 Å². The fourth-order valence-corrected chi connectivity index (χ4v) is 2.40. The van der Waals surface area contributed by atoms with Crippen LogP contribution in [0.2, 0.25) is 0 Å². The molecule has 1 rings (SSSR count). The van der Waals surface area contributed by atoms with Gasteiger partial charge in [-0.3, -0.25) is 14.5 Å². The quantitative estimate of drug-likeness (QED) is 0.738. The van der Waals surface area contributed by atoms with Gasteiger partial charge in [-0.2, -0.15) is 0 Å². The first kappa shape index (κ1) is 17.0. The van der Waals surface area contributed by atoms with Crippen molar-refractivity contribution >= 4 is 11.9 Å². The van der Waals surface area contributed by atoms with Crippen molar-refractivity contribution in [2.24, 2.45) is 5.92 Å². The minimum absolute atomic E-state index is 0.103. The van der Waals surface area contributed by atoms with Gasteiger partial charge in [0, 0.05) is 19.6 Å². The van der Waals surface area contributed by atoms with Gasteiger partial charge in [-0.15, -0.1) is 0 Å². The van der Waals surface area contributed by atoms with Crippen LogP contribution in [-0.4, -0.2) is 59.5 Å². The summed E-state index contributed by atoms with van der Waals surface area (Å²) in [6.07, 6.45) is 4.48. The Hall–Kier alpha value is -1.10. The molecule has 20 heavy (non-hydrogen) atoms. The predicted molar refractivity (Wildman–Crippen MR) is 78.6 cm³/mol. The molecule has 1 aliphatic heterocycles. The Labute approximate surface area is 121 Å². The molecular formula is C15H28N2O3. The number of carboxylic acids is 1. The molecule has 0 radical (unpaired) electrons. The summed E-state index contributed by atoms with van der Waals surface area (Å²) in [5.74, 6) is -0.0868. The highest BCUT2D eigenvalue weighted by molar-refractivity contribution is 5.78. The van der Waals surface area contributed by atoms with E-state index in [4.69, 9.17) is 5.11 Å². The fourth-order valence-electron chi connectivity index (χ4n) is 2.40. The molecule has 1 fully saturated rings. The number of hydrogen-bond acceptors (Lipinski definition) is 3. The molecule has 0 unspecified atom stereocenters. The Balaban J connectivity index is 2.43. The Bertz CT molecular complexity index is 312. The molecule has 1 amide bonds. The summed E-state index contributed by atoms with van der Waals surface area (Å²) in [5.41, 5.74) is 0. The molecule has 5 heteroatoms. The highest BCUT2D eigenvalue weighted by Crippen LogP contribution is 2.10. The lowest BCUT2D eigenvalue weighted by Crippen LogP contribution is -2.43. The van der Waals surface area contributed by atoms with Gasteiger partial charge in [-0.1, -0.05) is 13.8 Å². The van der Waals surface area contributed by atoms with E-state index in [0.29, 0.717) is 19.0 Å². The minimum Gasteiger partial charge on any atom is -0.481 e. The molecule has 0 atom stereocenters. The lowest BCUT2D eigenvalue weighted by molar-refractivity contribution is -0.138. The van der Waals surface area contributed by atoms with Crippen molar-refractivity contribution in [3.05, 3.63) is 0 Å². The van der Waals surface area contributed by atoms with E-state index in [0.717, 1.165) is 38.9 Å². The van der Waals surface area contributed by atoms with Crippen molar-refractivity contribution in [3.8, 4) is 0 Å². The van der Waals surface area contributed by atoms with E-state index < -0.39 is 5.97 Å². The SMILES string of the molecule is CC(C)CCN(CCC(=O)O)CC(=O)N1CCCCC1. The summed E-state index contributed by atoms with van der Waals surface area (Å²) >= 11 is 0. The molecule has 116 valence electrons. The van der Waals surface area contributed by atoms with E-state index in [2.05, 4.69) is 13.8 Å². The van der Waals surface area contributed by atoms with E-state index in [1.165, 1.54) is 6.42 Å². The summed E-state index contributed by atoms with van der Waals surface area (Å²) in [6, 6.07) is 0. The van der Waals surface area contributed by atoms with Crippen LogP contribution >= 0.6 is 0 Å². The zero-order chi connectivity index (χ0) is 15.0. The van der Waals surface area contributed by atoms with Crippen LogP contribution in [-0.2, 0) is 9.59 Å². The number of piperidine rings is 1. The number of carboxylic acid groups (broad SMARTS) is 1. The normalized spacial score (nSPS) is 15.9. The topological polar surface area (TPSA) is 60.9 Å². The number of rotatable bonds is 8. The second-order valence-electron chi connectivity index (χ2n) is 6.04. The second-order valence-corrected chi connectivity index (χ2v) is 6.04. The van der Waals surface area contributed by atoms with Gasteiger partial charge in [0.2, 0.25) is 5.91 Å². The number of likely N-dealkylation sites (tertiary alicyclic amines) is 1. The number of carbonyl (C=O) groups is 2. The monoisotopic (exact) mass is 284 g/mol. The lowest BCUT2D eigenvalue weighted by Gasteiger charge is -2.30. The van der Waals surface area contributed by atoms with Gasteiger partial charge in [0.05, 0.1) is 13.0 Å². The van der Waals surface area contributed by atoms with Crippen LogP contribution in [0.3, 0.4) is 0 Å². The maximum atomic E-state index is 12.2. The predicted octanol–water partition coefficient (Wildman–Crippen LogP) is 1.82. The number of nitrogens with zero attached hydrogens (tertiary/aromatic N) is 2. The van der Waals surface area contributed by atoms with Crippen molar-refractivity contribution in [2.45, 2.75) is 46.0 Å². The third kappa shape index (κ3) is 6.89. The first-order valence-corrected chi connectivity index (χ1v) is 7.71. The van der Waals surface area contributed by atoms with Crippen molar-refractivity contribution in [2.75, 3.05) is 32.7 Å². The van der Waals surface area contributed by atoms with Crippen LogP contribution in [0, 0.1) is 5.92 Å². The summed E-state index contributed by atoms with van der Waals surface area (Å²) in [7, 11) is 0. The summed E-state index contributed by atoms with van der Waals surface area (Å²) in [4.78, 5) is 26.9. The molecule has 0 saturated carbocycles. The third-order valence-corrected chi connectivity index (χ3v) is 3.73. The summed E-state index contributed by atoms with van der Waals surface area (Å²) in [6.45, 7) is 7.61. The van der Waals surface area contributed by atoms with Crippen LogP contribution in [0.4, 0.5) is 0 Å². The largest absolute Gasteiger partial charge is 0.481 e. The standard InChI is InChI=1S/C15H28N2O3/c1-13(2)6-10-16(11-7-15(19)20)12-14(18)17-8-4-3-5-9-17/h13H,3-12H2,1-2H3,(H,19,20). The van der Waals surface area contributed by atoms with E-state index in [1.54, 1.807) is 0 Å².